The predicted molar refractivity (Wildman–Crippen MR) is 74.4 cm³/mol. The van der Waals surface area contributed by atoms with E-state index in [2.05, 4.69) is 28.7 Å². The van der Waals surface area contributed by atoms with Gasteiger partial charge < -0.3 is 10.1 Å². The molecule has 1 aliphatic rings. The Morgan fingerprint density at radius 2 is 2.37 bits per heavy atom. The molecule has 0 spiro atoms. The van der Waals surface area contributed by atoms with Crippen LogP contribution in [0.1, 0.15) is 22.7 Å². The molecule has 1 aliphatic heterocycles. The van der Waals surface area contributed by atoms with Gasteiger partial charge in [0, 0.05) is 19.3 Å². The third-order valence-corrected chi connectivity index (χ3v) is 3.71. The number of fused-ring (bicyclic) bond motifs is 1. The number of nitrogens with one attached hydrogen (secondary N) is 1. The van der Waals surface area contributed by atoms with Crippen LogP contribution in [0.4, 0.5) is 0 Å². The Morgan fingerprint density at radius 1 is 1.47 bits per heavy atom. The molecule has 4 heteroatoms. The van der Waals surface area contributed by atoms with Crippen molar-refractivity contribution in [3.8, 4) is 5.75 Å². The SMILES string of the molecule is COc1ccc2c(c1)CCNC2Cc1cnn(C)c1. The fourth-order valence-electron chi connectivity index (χ4n) is 2.75. The van der Waals surface area contributed by atoms with E-state index in [1.54, 1.807) is 7.11 Å². The Kier molecular flexibility index (Phi) is 3.25. The van der Waals surface area contributed by atoms with Gasteiger partial charge in [-0.3, -0.25) is 4.68 Å². The van der Waals surface area contributed by atoms with Crippen LogP contribution in [-0.2, 0) is 19.9 Å². The number of hydrogen-bond acceptors (Lipinski definition) is 3. The van der Waals surface area contributed by atoms with E-state index in [0.29, 0.717) is 6.04 Å². The molecule has 0 radical (unpaired) electrons. The average molecular weight is 257 g/mol. The molecule has 100 valence electrons. The second-order valence-corrected chi connectivity index (χ2v) is 5.05. The highest BCUT2D eigenvalue weighted by Gasteiger charge is 2.20. The van der Waals surface area contributed by atoms with Gasteiger partial charge in [0.15, 0.2) is 0 Å². The van der Waals surface area contributed by atoms with E-state index < -0.39 is 0 Å². The number of ether oxygens (including phenoxy) is 1. The van der Waals surface area contributed by atoms with Crippen LogP contribution in [0, 0.1) is 0 Å². The molecule has 1 atom stereocenters. The van der Waals surface area contributed by atoms with Gasteiger partial charge in [0.05, 0.1) is 13.3 Å². The maximum Gasteiger partial charge on any atom is 0.119 e. The Morgan fingerprint density at radius 3 is 3.11 bits per heavy atom. The van der Waals surface area contributed by atoms with Crippen molar-refractivity contribution in [2.75, 3.05) is 13.7 Å². The lowest BCUT2D eigenvalue weighted by atomic mass is 9.91. The Hall–Kier alpha value is -1.81. The Bertz CT molecular complexity index is 577. The molecule has 3 rings (SSSR count). The van der Waals surface area contributed by atoms with Crippen LogP contribution in [0.5, 0.6) is 5.75 Å². The van der Waals surface area contributed by atoms with Gasteiger partial charge in [-0.05, 0) is 48.2 Å². The quantitative estimate of drug-likeness (QED) is 0.912. The lowest BCUT2D eigenvalue weighted by molar-refractivity contribution is 0.412. The first-order valence-corrected chi connectivity index (χ1v) is 6.64. The minimum absolute atomic E-state index is 0.374. The molecule has 1 unspecified atom stereocenters. The number of benzene rings is 1. The standard InChI is InChI=1S/C15H19N3O/c1-18-10-11(9-17-18)7-15-14-4-3-13(19-2)8-12(14)5-6-16-15/h3-4,8-10,15-16H,5-7H2,1-2H3. The molecule has 1 aromatic heterocycles. The van der Waals surface area contributed by atoms with Crippen molar-refractivity contribution in [1.82, 2.24) is 15.1 Å². The van der Waals surface area contributed by atoms with Crippen molar-refractivity contribution in [3.05, 3.63) is 47.3 Å². The highest BCUT2D eigenvalue weighted by atomic mass is 16.5. The van der Waals surface area contributed by atoms with Crippen LogP contribution in [0.25, 0.3) is 0 Å². The lowest BCUT2D eigenvalue weighted by Gasteiger charge is -2.27. The van der Waals surface area contributed by atoms with E-state index in [4.69, 9.17) is 4.74 Å². The third-order valence-electron chi connectivity index (χ3n) is 3.71. The molecule has 0 amide bonds. The molecule has 2 heterocycles. The van der Waals surface area contributed by atoms with E-state index in [0.717, 1.165) is 25.1 Å². The molecular formula is C15H19N3O. The maximum atomic E-state index is 5.30. The first-order valence-electron chi connectivity index (χ1n) is 6.64. The molecule has 4 nitrogen and oxygen atoms in total. The molecule has 0 bridgehead atoms. The number of aryl methyl sites for hydroxylation is 1. The summed E-state index contributed by atoms with van der Waals surface area (Å²) in [7, 11) is 3.67. The smallest absolute Gasteiger partial charge is 0.119 e. The first-order chi connectivity index (χ1) is 9.26. The minimum Gasteiger partial charge on any atom is -0.497 e. The van der Waals surface area contributed by atoms with Crippen LogP contribution in [0.3, 0.4) is 0 Å². The highest BCUT2D eigenvalue weighted by molar-refractivity contribution is 5.39. The van der Waals surface area contributed by atoms with Crippen LogP contribution >= 0.6 is 0 Å². The summed E-state index contributed by atoms with van der Waals surface area (Å²) < 4.78 is 7.16. The molecule has 0 aliphatic carbocycles. The minimum atomic E-state index is 0.374. The van der Waals surface area contributed by atoms with Gasteiger partial charge in [0.2, 0.25) is 0 Å². The molecule has 2 aromatic rings. The maximum absolute atomic E-state index is 5.30. The molecule has 0 fully saturated rings. The van der Waals surface area contributed by atoms with Gasteiger partial charge in [-0.2, -0.15) is 5.10 Å². The summed E-state index contributed by atoms with van der Waals surface area (Å²) >= 11 is 0. The van der Waals surface area contributed by atoms with Crippen molar-refractivity contribution in [3.63, 3.8) is 0 Å². The van der Waals surface area contributed by atoms with Gasteiger partial charge in [-0.15, -0.1) is 0 Å². The molecule has 0 saturated carbocycles. The topological polar surface area (TPSA) is 39.1 Å². The van der Waals surface area contributed by atoms with Crippen molar-refractivity contribution < 1.29 is 4.74 Å². The average Bonchev–Trinajstić information content (AvgIpc) is 2.84. The molecule has 19 heavy (non-hydrogen) atoms. The Labute approximate surface area is 113 Å². The predicted octanol–water partition coefficient (Wildman–Crippen LogP) is 1.86. The van der Waals surface area contributed by atoms with Crippen LogP contribution in [0.15, 0.2) is 30.6 Å². The van der Waals surface area contributed by atoms with Crippen molar-refractivity contribution in [2.24, 2.45) is 7.05 Å². The first kappa shape index (κ1) is 12.2. The van der Waals surface area contributed by atoms with E-state index >= 15 is 0 Å². The second kappa shape index (κ2) is 5.05. The van der Waals surface area contributed by atoms with Crippen LogP contribution < -0.4 is 10.1 Å². The zero-order valence-electron chi connectivity index (χ0n) is 11.4. The second-order valence-electron chi connectivity index (χ2n) is 5.05. The summed E-state index contributed by atoms with van der Waals surface area (Å²) in [6.07, 6.45) is 6.07. The van der Waals surface area contributed by atoms with Gasteiger partial charge in [0.1, 0.15) is 5.75 Å². The third kappa shape index (κ3) is 2.49. The van der Waals surface area contributed by atoms with E-state index in [9.17, 15) is 0 Å². The summed E-state index contributed by atoms with van der Waals surface area (Å²) in [5, 5.41) is 7.83. The van der Waals surface area contributed by atoms with Gasteiger partial charge in [-0.1, -0.05) is 6.07 Å². The van der Waals surface area contributed by atoms with Crippen molar-refractivity contribution in [1.29, 1.82) is 0 Å². The van der Waals surface area contributed by atoms with E-state index in [-0.39, 0.29) is 0 Å². The number of aromatic nitrogens is 2. The highest BCUT2D eigenvalue weighted by Crippen LogP contribution is 2.28. The lowest BCUT2D eigenvalue weighted by Crippen LogP contribution is -2.31. The van der Waals surface area contributed by atoms with Crippen molar-refractivity contribution in [2.45, 2.75) is 18.9 Å². The number of rotatable bonds is 3. The summed E-state index contributed by atoms with van der Waals surface area (Å²) in [5.74, 6) is 0.945. The van der Waals surface area contributed by atoms with Crippen LogP contribution in [-0.4, -0.2) is 23.4 Å². The zero-order valence-corrected chi connectivity index (χ0v) is 11.4. The monoisotopic (exact) mass is 257 g/mol. The number of hydrogen-bond donors (Lipinski definition) is 1. The number of methoxy groups -OCH3 is 1. The summed E-state index contributed by atoms with van der Waals surface area (Å²) in [6, 6.07) is 6.76. The van der Waals surface area contributed by atoms with Crippen LogP contribution in [0.2, 0.25) is 0 Å². The molecular weight excluding hydrogens is 238 g/mol. The summed E-state index contributed by atoms with van der Waals surface area (Å²) in [4.78, 5) is 0. The summed E-state index contributed by atoms with van der Waals surface area (Å²) in [5.41, 5.74) is 4.05. The van der Waals surface area contributed by atoms with E-state index in [1.807, 2.05) is 24.0 Å². The molecule has 1 N–H and O–H groups in total. The zero-order chi connectivity index (χ0) is 13.2. The Balaban J connectivity index is 1.85. The molecule has 0 saturated heterocycles. The van der Waals surface area contributed by atoms with Gasteiger partial charge in [0.25, 0.3) is 0 Å². The van der Waals surface area contributed by atoms with Crippen molar-refractivity contribution >= 4 is 0 Å². The fraction of sp³-hybridized carbons (Fsp3) is 0.400. The van der Waals surface area contributed by atoms with Gasteiger partial charge >= 0.3 is 0 Å². The normalized spacial score (nSPS) is 18.1. The van der Waals surface area contributed by atoms with Gasteiger partial charge in [-0.25, -0.2) is 0 Å². The largest absolute Gasteiger partial charge is 0.497 e. The molecule has 1 aromatic carbocycles. The van der Waals surface area contributed by atoms with E-state index in [1.165, 1.54) is 16.7 Å². The number of nitrogens with zero attached hydrogens (tertiary/aromatic N) is 2. The summed E-state index contributed by atoms with van der Waals surface area (Å²) in [6.45, 7) is 1.02. The fourth-order valence-corrected chi connectivity index (χ4v) is 2.75.